The van der Waals surface area contributed by atoms with Crippen molar-refractivity contribution in [2.75, 3.05) is 38.6 Å². The minimum Gasteiger partial charge on any atom is -0.397 e. The summed E-state index contributed by atoms with van der Waals surface area (Å²) in [6.07, 6.45) is 2.79. The number of aryl methyl sites for hydroxylation is 1. The Hall–Kier alpha value is -1.53. The third kappa shape index (κ3) is 4.47. The van der Waals surface area contributed by atoms with Gasteiger partial charge in [-0.2, -0.15) is 0 Å². The molecule has 21 heavy (non-hydrogen) atoms. The fourth-order valence-electron chi connectivity index (χ4n) is 2.66. The van der Waals surface area contributed by atoms with Crippen LogP contribution in [0.25, 0.3) is 0 Å². The second-order valence-corrected chi connectivity index (χ2v) is 5.64. The number of rotatable bonds is 6. The van der Waals surface area contributed by atoms with Crippen LogP contribution in [-0.4, -0.2) is 54.3 Å². The Bertz CT molecular complexity index is 466. The van der Waals surface area contributed by atoms with Crippen molar-refractivity contribution >= 4 is 11.6 Å². The highest BCUT2D eigenvalue weighted by Crippen LogP contribution is 2.11. The number of nitrogens with zero attached hydrogens (tertiary/aromatic N) is 2. The van der Waals surface area contributed by atoms with Gasteiger partial charge in [0, 0.05) is 38.4 Å². The van der Waals surface area contributed by atoms with Crippen LogP contribution in [0, 0.1) is 0 Å². The molecule has 0 spiro atoms. The van der Waals surface area contributed by atoms with Gasteiger partial charge < -0.3 is 20.4 Å². The normalized spacial score (nSPS) is 17.6. The number of carbonyl (C=O) groups excluding carboxylic acids is 1. The van der Waals surface area contributed by atoms with E-state index in [1.54, 1.807) is 6.07 Å². The predicted octanol–water partition coefficient (Wildman–Crippen LogP) is 0.931. The van der Waals surface area contributed by atoms with E-state index in [1.807, 2.05) is 17.7 Å². The molecular formula is C15H26N4O2. The number of anilines is 1. The Balaban J connectivity index is 1.90. The summed E-state index contributed by atoms with van der Waals surface area (Å²) in [7, 11) is 0. The number of amides is 1. The summed E-state index contributed by atoms with van der Waals surface area (Å²) in [6.45, 7) is 9.17. The second kappa shape index (κ2) is 7.47. The maximum Gasteiger partial charge on any atom is 0.268 e. The number of nitrogen functional groups attached to an aromatic ring is 1. The fraction of sp³-hybridized carbons (Fsp3) is 0.667. The van der Waals surface area contributed by atoms with E-state index in [0.717, 1.165) is 45.8 Å². The Labute approximate surface area is 126 Å². The number of nitrogens with two attached hydrogens (primary N) is 1. The summed E-state index contributed by atoms with van der Waals surface area (Å²) in [5, 5.41) is 3.06. The molecule has 1 aromatic rings. The van der Waals surface area contributed by atoms with Crippen LogP contribution in [0.2, 0.25) is 0 Å². The van der Waals surface area contributed by atoms with Crippen LogP contribution in [0.1, 0.15) is 30.8 Å². The van der Waals surface area contributed by atoms with Crippen molar-refractivity contribution in [3.8, 4) is 0 Å². The monoisotopic (exact) mass is 294 g/mol. The summed E-state index contributed by atoms with van der Waals surface area (Å²) in [6, 6.07) is 1.84. The van der Waals surface area contributed by atoms with Gasteiger partial charge in [0.05, 0.1) is 18.9 Å². The highest BCUT2D eigenvalue weighted by Gasteiger charge is 2.18. The molecule has 1 saturated heterocycles. The zero-order valence-electron chi connectivity index (χ0n) is 13.0. The molecule has 1 aromatic heterocycles. The number of morpholine rings is 1. The smallest absolute Gasteiger partial charge is 0.268 e. The Kier molecular flexibility index (Phi) is 5.64. The van der Waals surface area contributed by atoms with Gasteiger partial charge in [-0.25, -0.2) is 0 Å². The van der Waals surface area contributed by atoms with Crippen LogP contribution in [0.15, 0.2) is 12.3 Å². The van der Waals surface area contributed by atoms with E-state index in [4.69, 9.17) is 10.5 Å². The summed E-state index contributed by atoms with van der Waals surface area (Å²) in [4.78, 5) is 14.7. The molecule has 0 bridgehead atoms. The first kappa shape index (κ1) is 15.9. The first-order valence-corrected chi connectivity index (χ1v) is 7.66. The molecule has 1 aliphatic heterocycles. The van der Waals surface area contributed by atoms with Crippen LogP contribution in [0.4, 0.5) is 5.69 Å². The molecule has 2 rings (SSSR count). The van der Waals surface area contributed by atoms with Gasteiger partial charge in [-0.3, -0.25) is 9.69 Å². The molecule has 6 heteroatoms. The number of hydrogen-bond acceptors (Lipinski definition) is 4. The molecule has 118 valence electrons. The largest absolute Gasteiger partial charge is 0.397 e. The van der Waals surface area contributed by atoms with Gasteiger partial charge >= 0.3 is 0 Å². The third-order valence-corrected chi connectivity index (χ3v) is 3.63. The van der Waals surface area contributed by atoms with Crippen molar-refractivity contribution in [2.24, 2.45) is 0 Å². The van der Waals surface area contributed by atoms with E-state index >= 15 is 0 Å². The molecule has 0 aliphatic carbocycles. The quantitative estimate of drug-likeness (QED) is 0.819. The number of hydrogen-bond donors (Lipinski definition) is 2. The van der Waals surface area contributed by atoms with Gasteiger partial charge in [-0.05, 0) is 19.4 Å². The number of aromatic nitrogens is 1. The lowest BCUT2D eigenvalue weighted by Crippen LogP contribution is -2.46. The average molecular weight is 294 g/mol. The van der Waals surface area contributed by atoms with E-state index in [9.17, 15) is 4.79 Å². The molecule has 0 radical (unpaired) electrons. The molecule has 1 aliphatic rings. The lowest BCUT2D eigenvalue weighted by molar-refractivity contribution is 0.0342. The van der Waals surface area contributed by atoms with Crippen molar-refractivity contribution in [1.82, 2.24) is 14.8 Å². The number of nitrogens with one attached hydrogen (secondary N) is 1. The van der Waals surface area contributed by atoms with E-state index in [1.165, 1.54) is 0 Å². The van der Waals surface area contributed by atoms with Crippen LogP contribution in [0.3, 0.4) is 0 Å². The fourth-order valence-corrected chi connectivity index (χ4v) is 2.66. The molecule has 1 unspecified atom stereocenters. The maximum absolute atomic E-state index is 12.4. The summed E-state index contributed by atoms with van der Waals surface area (Å²) < 4.78 is 7.25. The number of ether oxygens (including phenoxy) is 1. The summed E-state index contributed by atoms with van der Waals surface area (Å²) >= 11 is 0. The van der Waals surface area contributed by atoms with Gasteiger partial charge in [0.15, 0.2) is 0 Å². The maximum atomic E-state index is 12.4. The Morgan fingerprint density at radius 1 is 1.48 bits per heavy atom. The molecule has 2 heterocycles. The van der Waals surface area contributed by atoms with Crippen molar-refractivity contribution in [3.05, 3.63) is 18.0 Å². The van der Waals surface area contributed by atoms with Gasteiger partial charge in [0.25, 0.3) is 5.91 Å². The topological polar surface area (TPSA) is 72.5 Å². The lowest BCUT2D eigenvalue weighted by atomic mass is 10.2. The number of carbonyl (C=O) groups is 1. The second-order valence-electron chi connectivity index (χ2n) is 5.64. The Morgan fingerprint density at radius 3 is 2.86 bits per heavy atom. The predicted molar refractivity (Wildman–Crippen MR) is 83.3 cm³/mol. The zero-order valence-corrected chi connectivity index (χ0v) is 13.0. The molecule has 1 fully saturated rings. The van der Waals surface area contributed by atoms with Crippen LogP contribution >= 0.6 is 0 Å². The Morgan fingerprint density at radius 2 is 2.19 bits per heavy atom. The molecule has 6 nitrogen and oxygen atoms in total. The van der Waals surface area contributed by atoms with Crippen molar-refractivity contribution in [1.29, 1.82) is 0 Å². The molecule has 1 amide bonds. The highest BCUT2D eigenvalue weighted by atomic mass is 16.5. The molecular weight excluding hydrogens is 268 g/mol. The van der Waals surface area contributed by atoms with Crippen LogP contribution < -0.4 is 11.1 Å². The van der Waals surface area contributed by atoms with Gasteiger partial charge in [0.1, 0.15) is 5.69 Å². The van der Waals surface area contributed by atoms with Crippen LogP contribution in [-0.2, 0) is 11.3 Å². The van der Waals surface area contributed by atoms with Crippen molar-refractivity contribution in [3.63, 3.8) is 0 Å². The van der Waals surface area contributed by atoms with E-state index < -0.39 is 0 Å². The average Bonchev–Trinajstić information content (AvgIpc) is 2.81. The third-order valence-electron chi connectivity index (χ3n) is 3.63. The molecule has 1 atom stereocenters. The zero-order chi connectivity index (χ0) is 15.2. The summed E-state index contributed by atoms with van der Waals surface area (Å²) in [5.74, 6) is -0.0547. The van der Waals surface area contributed by atoms with Gasteiger partial charge in [-0.15, -0.1) is 0 Å². The van der Waals surface area contributed by atoms with E-state index in [2.05, 4.69) is 17.1 Å². The lowest BCUT2D eigenvalue weighted by Gasteiger charge is -2.29. The highest BCUT2D eigenvalue weighted by molar-refractivity contribution is 5.94. The van der Waals surface area contributed by atoms with Gasteiger partial charge in [-0.1, -0.05) is 6.92 Å². The van der Waals surface area contributed by atoms with Crippen molar-refractivity contribution < 1.29 is 9.53 Å². The van der Waals surface area contributed by atoms with E-state index in [-0.39, 0.29) is 11.9 Å². The first-order valence-electron chi connectivity index (χ1n) is 7.66. The first-order chi connectivity index (χ1) is 10.1. The standard InChI is InChI=1S/C15H26N4O2/c1-3-4-19-11-13(16)9-14(19)15(20)17-12(2)10-18-5-7-21-8-6-18/h9,11-12H,3-8,10,16H2,1-2H3,(H,17,20). The minimum atomic E-state index is -0.0547. The molecule has 0 saturated carbocycles. The SMILES string of the molecule is CCCn1cc(N)cc1C(=O)NC(C)CN1CCOCC1. The summed E-state index contributed by atoms with van der Waals surface area (Å²) in [5.41, 5.74) is 7.08. The van der Waals surface area contributed by atoms with Gasteiger partial charge in [0.2, 0.25) is 0 Å². The minimum absolute atomic E-state index is 0.0547. The van der Waals surface area contributed by atoms with Crippen molar-refractivity contribution in [2.45, 2.75) is 32.9 Å². The molecule has 3 N–H and O–H groups in total. The molecule has 0 aromatic carbocycles. The van der Waals surface area contributed by atoms with Crippen LogP contribution in [0.5, 0.6) is 0 Å². The van der Waals surface area contributed by atoms with E-state index in [0.29, 0.717) is 11.4 Å².